The minimum Gasteiger partial charge on any atom is -0.322 e. The van der Waals surface area contributed by atoms with E-state index in [1.807, 2.05) is 25.1 Å². The molecule has 2 N–H and O–H groups in total. The van der Waals surface area contributed by atoms with E-state index in [4.69, 9.17) is 17.3 Å². The molecule has 1 aromatic carbocycles. The lowest BCUT2D eigenvalue weighted by Gasteiger charge is -1.95. The number of benzene rings is 1. The number of thiazole rings is 1. The molecule has 0 amide bonds. The Bertz CT molecular complexity index is 436. The fourth-order valence-electron chi connectivity index (χ4n) is 1.11. The van der Waals surface area contributed by atoms with Crippen molar-refractivity contribution in [3.8, 4) is 0 Å². The fraction of sp³-hybridized carbons (Fsp3) is 0.222. The number of hydrogen-bond acceptors (Lipinski definition) is 3. The van der Waals surface area contributed by atoms with E-state index < -0.39 is 0 Å². The number of nitrogens with two attached hydrogens (primary N) is 1. The first-order valence-corrected chi connectivity index (χ1v) is 5.18. The SMILES string of the molecule is C[C@H](N)c1nc2ccc(Cl)cc2s1. The summed E-state index contributed by atoms with van der Waals surface area (Å²) in [6.45, 7) is 1.93. The van der Waals surface area contributed by atoms with Gasteiger partial charge in [-0.05, 0) is 25.1 Å². The minimum absolute atomic E-state index is 0.00354. The maximum absolute atomic E-state index is 5.86. The van der Waals surface area contributed by atoms with Gasteiger partial charge >= 0.3 is 0 Å². The van der Waals surface area contributed by atoms with Crippen LogP contribution >= 0.6 is 22.9 Å². The lowest BCUT2D eigenvalue weighted by atomic mass is 10.3. The smallest absolute Gasteiger partial charge is 0.110 e. The van der Waals surface area contributed by atoms with Gasteiger partial charge < -0.3 is 5.73 Å². The van der Waals surface area contributed by atoms with Gasteiger partial charge in [-0.25, -0.2) is 4.98 Å². The van der Waals surface area contributed by atoms with E-state index in [1.165, 1.54) is 0 Å². The number of fused-ring (bicyclic) bond motifs is 1. The van der Waals surface area contributed by atoms with Gasteiger partial charge in [0.25, 0.3) is 0 Å². The molecule has 4 heteroatoms. The highest BCUT2D eigenvalue weighted by molar-refractivity contribution is 7.18. The van der Waals surface area contributed by atoms with Crippen LogP contribution in [0.1, 0.15) is 18.0 Å². The highest BCUT2D eigenvalue weighted by atomic mass is 35.5. The molecule has 1 atom stereocenters. The van der Waals surface area contributed by atoms with E-state index in [2.05, 4.69) is 4.98 Å². The summed E-state index contributed by atoms with van der Waals surface area (Å²) in [6, 6.07) is 5.67. The van der Waals surface area contributed by atoms with Gasteiger partial charge in [0.2, 0.25) is 0 Å². The molecule has 68 valence electrons. The summed E-state index contributed by atoms with van der Waals surface area (Å²) in [7, 11) is 0. The molecular formula is C9H9ClN2S. The van der Waals surface area contributed by atoms with Crippen LogP contribution in [0.5, 0.6) is 0 Å². The summed E-state index contributed by atoms with van der Waals surface area (Å²) in [5.74, 6) is 0. The summed E-state index contributed by atoms with van der Waals surface area (Å²) in [6.07, 6.45) is 0. The largest absolute Gasteiger partial charge is 0.322 e. The third-order valence-electron chi connectivity index (χ3n) is 1.76. The van der Waals surface area contributed by atoms with Gasteiger partial charge in [-0.1, -0.05) is 11.6 Å². The number of hydrogen-bond donors (Lipinski definition) is 1. The van der Waals surface area contributed by atoms with Gasteiger partial charge in [0.15, 0.2) is 0 Å². The lowest BCUT2D eigenvalue weighted by molar-refractivity contribution is 0.810. The van der Waals surface area contributed by atoms with Crippen molar-refractivity contribution in [3.05, 3.63) is 28.2 Å². The molecular weight excluding hydrogens is 204 g/mol. The van der Waals surface area contributed by atoms with Crippen LogP contribution in [0.3, 0.4) is 0 Å². The standard InChI is InChI=1S/C9H9ClN2S/c1-5(11)9-12-7-3-2-6(10)4-8(7)13-9/h2-5H,11H2,1H3/t5-/m0/s1. The molecule has 2 nitrogen and oxygen atoms in total. The summed E-state index contributed by atoms with van der Waals surface area (Å²) >= 11 is 7.45. The predicted molar refractivity (Wildman–Crippen MR) is 57.2 cm³/mol. The summed E-state index contributed by atoms with van der Waals surface area (Å²) < 4.78 is 1.10. The summed E-state index contributed by atoms with van der Waals surface area (Å²) in [4.78, 5) is 4.39. The molecule has 13 heavy (non-hydrogen) atoms. The van der Waals surface area contributed by atoms with Crippen LogP contribution in [0.4, 0.5) is 0 Å². The maximum Gasteiger partial charge on any atom is 0.110 e. The van der Waals surface area contributed by atoms with Crippen LogP contribution in [0.25, 0.3) is 10.2 Å². The van der Waals surface area contributed by atoms with Crippen LogP contribution in [0.2, 0.25) is 5.02 Å². The molecule has 0 spiro atoms. The zero-order valence-corrected chi connectivity index (χ0v) is 8.69. The number of rotatable bonds is 1. The molecule has 0 radical (unpaired) electrons. The summed E-state index contributed by atoms with van der Waals surface area (Å²) in [5, 5.41) is 1.70. The van der Waals surface area contributed by atoms with Gasteiger partial charge in [-0.3, -0.25) is 0 Å². The molecule has 1 heterocycles. The Labute approximate surface area is 85.3 Å². The number of halogens is 1. The third-order valence-corrected chi connectivity index (χ3v) is 3.21. The van der Waals surface area contributed by atoms with Crippen molar-refractivity contribution >= 4 is 33.2 Å². The minimum atomic E-state index is -0.00354. The Morgan fingerprint density at radius 1 is 1.54 bits per heavy atom. The van der Waals surface area contributed by atoms with Crippen LogP contribution in [-0.4, -0.2) is 4.98 Å². The second-order valence-corrected chi connectivity index (χ2v) is 4.45. The highest BCUT2D eigenvalue weighted by Gasteiger charge is 2.07. The van der Waals surface area contributed by atoms with Crippen LogP contribution in [0.15, 0.2) is 18.2 Å². The predicted octanol–water partition coefficient (Wildman–Crippen LogP) is 2.97. The molecule has 0 bridgehead atoms. The van der Waals surface area contributed by atoms with Crippen molar-refractivity contribution < 1.29 is 0 Å². The molecule has 2 aromatic rings. The number of aromatic nitrogens is 1. The molecule has 0 aliphatic rings. The quantitative estimate of drug-likeness (QED) is 0.790. The van der Waals surface area contributed by atoms with Crippen molar-refractivity contribution in [3.63, 3.8) is 0 Å². The molecule has 0 aliphatic carbocycles. The maximum atomic E-state index is 5.86. The third kappa shape index (κ3) is 1.68. The van der Waals surface area contributed by atoms with Gasteiger partial charge in [0.1, 0.15) is 5.01 Å². The van der Waals surface area contributed by atoms with Crippen LogP contribution in [-0.2, 0) is 0 Å². The van der Waals surface area contributed by atoms with Crippen LogP contribution in [0, 0.1) is 0 Å². The molecule has 0 saturated heterocycles. The van der Waals surface area contributed by atoms with E-state index in [0.717, 1.165) is 20.2 Å². The summed E-state index contributed by atoms with van der Waals surface area (Å²) in [5.41, 5.74) is 6.70. The Kier molecular flexibility index (Phi) is 2.24. The molecule has 0 aliphatic heterocycles. The van der Waals surface area contributed by atoms with E-state index in [0.29, 0.717) is 0 Å². The number of nitrogens with zero attached hydrogens (tertiary/aromatic N) is 1. The second kappa shape index (κ2) is 3.25. The molecule has 0 saturated carbocycles. The highest BCUT2D eigenvalue weighted by Crippen LogP contribution is 2.27. The Balaban J connectivity index is 2.62. The Morgan fingerprint density at radius 3 is 3.00 bits per heavy atom. The Hall–Kier alpha value is -0.640. The first-order chi connectivity index (χ1) is 6.16. The zero-order valence-electron chi connectivity index (χ0n) is 7.12. The van der Waals surface area contributed by atoms with Crippen molar-refractivity contribution in [2.75, 3.05) is 0 Å². The van der Waals surface area contributed by atoms with Crippen LogP contribution < -0.4 is 5.73 Å². The zero-order chi connectivity index (χ0) is 9.42. The molecule has 1 aromatic heterocycles. The van der Waals surface area contributed by atoms with Crippen molar-refractivity contribution in [2.45, 2.75) is 13.0 Å². The van der Waals surface area contributed by atoms with Gasteiger partial charge in [0.05, 0.1) is 16.3 Å². The van der Waals surface area contributed by atoms with Gasteiger partial charge in [-0.15, -0.1) is 11.3 Å². The average Bonchev–Trinajstić information content (AvgIpc) is 2.46. The normalized spacial score (nSPS) is 13.5. The second-order valence-electron chi connectivity index (χ2n) is 2.95. The average molecular weight is 213 g/mol. The fourth-order valence-corrected chi connectivity index (χ4v) is 2.31. The Morgan fingerprint density at radius 2 is 2.31 bits per heavy atom. The molecule has 0 unspecified atom stereocenters. The molecule has 2 rings (SSSR count). The van der Waals surface area contributed by atoms with Crippen molar-refractivity contribution in [1.29, 1.82) is 0 Å². The van der Waals surface area contributed by atoms with E-state index >= 15 is 0 Å². The first-order valence-electron chi connectivity index (χ1n) is 3.98. The van der Waals surface area contributed by atoms with E-state index in [1.54, 1.807) is 11.3 Å². The topological polar surface area (TPSA) is 38.9 Å². The first kappa shape index (κ1) is 8.94. The van der Waals surface area contributed by atoms with Gasteiger partial charge in [0, 0.05) is 5.02 Å². The lowest BCUT2D eigenvalue weighted by Crippen LogP contribution is -2.03. The van der Waals surface area contributed by atoms with Gasteiger partial charge in [-0.2, -0.15) is 0 Å². The van der Waals surface area contributed by atoms with E-state index in [-0.39, 0.29) is 6.04 Å². The van der Waals surface area contributed by atoms with Crippen molar-refractivity contribution in [1.82, 2.24) is 4.98 Å². The van der Waals surface area contributed by atoms with Crippen molar-refractivity contribution in [2.24, 2.45) is 5.73 Å². The monoisotopic (exact) mass is 212 g/mol. The van der Waals surface area contributed by atoms with E-state index in [9.17, 15) is 0 Å². The molecule has 0 fully saturated rings.